The quantitative estimate of drug-likeness (QED) is 0.804. The van der Waals surface area contributed by atoms with E-state index >= 15 is 0 Å². The lowest BCUT2D eigenvalue weighted by atomic mass is 10.0. The van der Waals surface area contributed by atoms with Crippen molar-refractivity contribution >= 4 is 0 Å². The molecule has 124 valence electrons. The summed E-state index contributed by atoms with van der Waals surface area (Å²) >= 11 is 0. The van der Waals surface area contributed by atoms with Crippen LogP contribution in [0.15, 0.2) is 78.0 Å². The van der Waals surface area contributed by atoms with Gasteiger partial charge >= 0.3 is 0 Å². The van der Waals surface area contributed by atoms with Crippen molar-refractivity contribution in [1.82, 2.24) is 5.32 Å². The number of benzene rings is 2. The average molecular weight is 318 g/mol. The number of hydrogen-bond donors (Lipinski definition) is 2. The van der Waals surface area contributed by atoms with Crippen molar-refractivity contribution in [3.63, 3.8) is 0 Å². The molecule has 2 nitrogen and oxygen atoms in total. The third kappa shape index (κ3) is 4.36. The van der Waals surface area contributed by atoms with Crippen LogP contribution in [-0.4, -0.2) is 0 Å². The van der Waals surface area contributed by atoms with E-state index in [1.165, 1.54) is 35.2 Å². The summed E-state index contributed by atoms with van der Waals surface area (Å²) < 4.78 is 0. The molecule has 0 saturated heterocycles. The fourth-order valence-electron chi connectivity index (χ4n) is 3.17. The summed E-state index contributed by atoms with van der Waals surface area (Å²) in [6, 6.07) is 18.8. The summed E-state index contributed by atoms with van der Waals surface area (Å²) in [5.41, 5.74) is 12.7. The second-order valence-electron chi connectivity index (χ2n) is 6.48. The van der Waals surface area contributed by atoms with Crippen LogP contribution >= 0.6 is 0 Å². The molecule has 1 atom stereocenters. The largest absolute Gasteiger partial charge is 0.381 e. The molecule has 2 aromatic rings. The SMILES string of the molecule is Cc1cccc(CN/C(=C\C(N)c2ccccc2)C2=CCCC2)c1. The van der Waals surface area contributed by atoms with Gasteiger partial charge in [0.15, 0.2) is 0 Å². The van der Waals surface area contributed by atoms with Crippen LogP contribution in [0.3, 0.4) is 0 Å². The van der Waals surface area contributed by atoms with Crippen molar-refractivity contribution in [2.45, 2.75) is 38.8 Å². The Bertz CT molecular complexity index is 729. The van der Waals surface area contributed by atoms with E-state index in [2.05, 4.69) is 60.8 Å². The van der Waals surface area contributed by atoms with Crippen LogP contribution < -0.4 is 11.1 Å². The Kier molecular flexibility index (Phi) is 5.50. The first-order valence-electron chi connectivity index (χ1n) is 8.73. The van der Waals surface area contributed by atoms with E-state index < -0.39 is 0 Å². The third-order valence-corrected chi connectivity index (χ3v) is 4.48. The summed E-state index contributed by atoms with van der Waals surface area (Å²) in [5, 5.41) is 3.62. The maximum absolute atomic E-state index is 6.41. The molecule has 1 aliphatic rings. The molecule has 1 unspecified atom stereocenters. The summed E-state index contributed by atoms with van der Waals surface area (Å²) in [5.74, 6) is 0. The number of allylic oxidation sites excluding steroid dienone is 2. The molecule has 0 bridgehead atoms. The van der Waals surface area contributed by atoms with Crippen molar-refractivity contribution in [2.75, 3.05) is 0 Å². The topological polar surface area (TPSA) is 38.0 Å². The zero-order valence-corrected chi connectivity index (χ0v) is 14.3. The molecule has 3 N–H and O–H groups in total. The predicted octanol–water partition coefficient (Wildman–Crippen LogP) is 4.78. The number of nitrogens with one attached hydrogen (secondary N) is 1. The summed E-state index contributed by atoms with van der Waals surface area (Å²) in [6.07, 6.45) is 8.04. The highest BCUT2D eigenvalue weighted by Gasteiger charge is 2.12. The van der Waals surface area contributed by atoms with Gasteiger partial charge in [-0.1, -0.05) is 66.2 Å². The zero-order chi connectivity index (χ0) is 16.8. The van der Waals surface area contributed by atoms with E-state index in [-0.39, 0.29) is 6.04 Å². The molecule has 1 aliphatic carbocycles. The van der Waals surface area contributed by atoms with Crippen LogP contribution in [0.25, 0.3) is 0 Å². The first-order valence-corrected chi connectivity index (χ1v) is 8.73. The smallest absolute Gasteiger partial charge is 0.0504 e. The fraction of sp³-hybridized carbons (Fsp3) is 0.273. The maximum Gasteiger partial charge on any atom is 0.0504 e. The van der Waals surface area contributed by atoms with E-state index in [1.807, 2.05) is 18.2 Å². The fourth-order valence-corrected chi connectivity index (χ4v) is 3.17. The molecule has 0 saturated carbocycles. The minimum atomic E-state index is -0.0901. The minimum Gasteiger partial charge on any atom is -0.381 e. The predicted molar refractivity (Wildman–Crippen MR) is 101 cm³/mol. The maximum atomic E-state index is 6.41. The molecule has 24 heavy (non-hydrogen) atoms. The molecule has 2 aromatic carbocycles. The van der Waals surface area contributed by atoms with E-state index in [0.29, 0.717) is 0 Å². The lowest BCUT2D eigenvalue weighted by molar-refractivity contribution is 0.777. The lowest BCUT2D eigenvalue weighted by Crippen LogP contribution is -2.17. The van der Waals surface area contributed by atoms with Gasteiger partial charge in [-0.05, 0) is 49.0 Å². The van der Waals surface area contributed by atoms with Gasteiger partial charge in [0.1, 0.15) is 0 Å². The van der Waals surface area contributed by atoms with Crippen LogP contribution in [0.5, 0.6) is 0 Å². The first-order chi connectivity index (χ1) is 11.7. The summed E-state index contributed by atoms with van der Waals surface area (Å²) in [7, 11) is 0. The van der Waals surface area contributed by atoms with Gasteiger partial charge in [-0.2, -0.15) is 0 Å². The van der Waals surface area contributed by atoms with E-state index in [4.69, 9.17) is 5.73 Å². The van der Waals surface area contributed by atoms with E-state index in [1.54, 1.807) is 0 Å². The van der Waals surface area contributed by atoms with Crippen molar-refractivity contribution < 1.29 is 0 Å². The van der Waals surface area contributed by atoms with Crippen LogP contribution in [0.1, 0.15) is 42.0 Å². The van der Waals surface area contributed by atoms with Gasteiger partial charge in [0, 0.05) is 12.2 Å². The number of rotatable bonds is 6. The molecular formula is C22H26N2. The molecule has 0 aromatic heterocycles. The van der Waals surface area contributed by atoms with Gasteiger partial charge in [0.25, 0.3) is 0 Å². The van der Waals surface area contributed by atoms with Crippen LogP contribution in [0.4, 0.5) is 0 Å². The number of hydrogen-bond acceptors (Lipinski definition) is 2. The Morgan fingerprint density at radius 1 is 1.17 bits per heavy atom. The highest BCUT2D eigenvalue weighted by molar-refractivity contribution is 5.36. The van der Waals surface area contributed by atoms with Crippen LogP contribution in [-0.2, 0) is 6.54 Å². The van der Waals surface area contributed by atoms with Gasteiger partial charge in [-0.15, -0.1) is 0 Å². The van der Waals surface area contributed by atoms with E-state index in [0.717, 1.165) is 18.5 Å². The van der Waals surface area contributed by atoms with Gasteiger partial charge in [-0.25, -0.2) is 0 Å². The second-order valence-corrected chi connectivity index (χ2v) is 6.48. The van der Waals surface area contributed by atoms with E-state index in [9.17, 15) is 0 Å². The first kappa shape index (κ1) is 16.5. The molecular weight excluding hydrogens is 292 g/mol. The van der Waals surface area contributed by atoms with Crippen molar-refractivity contribution in [2.24, 2.45) is 5.73 Å². The summed E-state index contributed by atoms with van der Waals surface area (Å²) in [4.78, 5) is 0. The van der Waals surface area contributed by atoms with Crippen LogP contribution in [0, 0.1) is 6.92 Å². The van der Waals surface area contributed by atoms with Crippen LogP contribution in [0.2, 0.25) is 0 Å². The molecule has 2 heteroatoms. The van der Waals surface area contributed by atoms with Crippen molar-refractivity contribution in [3.05, 3.63) is 94.7 Å². The molecule has 0 spiro atoms. The van der Waals surface area contributed by atoms with Crippen molar-refractivity contribution in [3.8, 4) is 0 Å². The lowest BCUT2D eigenvalue weighted by Gasteiger charge is -2.16. The molecule has 0 amide bonds. The Morgan fingerprint density at radius 3 is 2.71 bits per heavy atom. The molecule has 0 aliphatic heterocycles. The monoisotopic (exact) mass is 318 g/mol. The zero-order valence-electron chi connectivity index (χ0n) is 14.3. The average Bonchev–Trinajstić information content (AvgIpc) is 3.14. The van der Waals surface area contributed by atoms with Crippen molar-refractivity contribution in [1.29, 1.82) is 0 Å². The Morgan fingerprint density at radius 2 is 2.00 bits per heavy atom. The third-order valence-electron chi connectivity index (χ3n) is 4.48. The standard InChI is InChI=1S/C22H26N2/c1-17-8-7-9-18(14-17)16-24-22(20-12-5-6-13-20)15-21(23)19-10-3-2-4-11-19/h2-4,7-12,14-15,21,24H,5-6,13,16,23H2,1H3/b22-15-. The highest BCUT2D eigenvalue weighted by atomic mass is 14.9. The Balaban J connectivity index is 1.77. The normalized spacial score (nSPS) is 15.9. The van der Waals surface area contributed by atoms with Gasteiger partial charge in [-0.3, -0.25) is 0 Å². The molecule has 0 radical (unpaired) electrons. The molecule has 0 fully saturated rings. The second kappa shape index (κ2) is 7.98. The highest BCUT2D eigenvalue weighted by Crippen LogP contribution is 2.25. The molecule has 0 heterocycles. The van der Waals surface area contributed by atoms with Gasteiger partial charge in [0.05, 0.1) is 6.04 Å². The Hall–Kier alpha value is -2.32. The number of nitrogens with two attached hydrogens (primary N) is 1. The van der Waals surface area contributed by atoms with Gasteiger partial charge in [0.2, 0.25) is 0 Å². The minimum absolute atomic E-state index is 0.0901. The number of aryl methyl sites for hydroxylation is 1. The summed E-state index contributed by atoms with van der Waals surface area (Å²) in [6.45, 7) is 2.96. The Labute approximate surface area is 145 Å². The van der Waals surface area contributed by atoms with Gasteiger partial charge < -0.3 is 11.1 Å². The molecule has 3 rings (SSSR count).